The van der Waals surface area contributed by atoms with Crippen LogP contribution in [0.5, 0.6) is 5.88 Å². The minimum Gasteiger partial charge on any atom is -0.476 e. The van der Waals surface area contributed by atoms with Crippen LogP contribution in [0.25, 0.3) is 11.3 Å². The number of carbonyl (C=O) groups is 2. The van der Waals surface area contributed by atoms with Gasteiger partial charge in [0.25, 0.3) is 5.91 Å². The number of halogens is 4. The highest BCUT2D eigenvalue weighted by Crippen LogP contribution is 2.53. The summed E-state index contributed by atoms with van der Waals surface area (Å²) in [6.07, 6.45) is 2.68. The molecule has 8 nitrogen and oxygen atoms in total. The lowest BCUT2D eigenvalue weighted by Crippen LogP contribution is -2.53. The van der Waals surface area contributed by atoms with E-state index in [0.29, 0.717) is 39.1 Å². The average molecular weight is 564 g/mol. The Kier molecular flexibility index (Phi) is 8.37. The summed E-state index contributed by atoms with van der Waals surface area (Å²) < 4.78 is 61.0. The van der Waals surface area contributed by atoms with Crippen LogP contribution in [0.2, 0.25) is 0 Å². The smallest absolute Gasteiger partial charge is 0.395 e. The van der Waals surface area contributed by atoms with Gasteiger partial charge in [0.05, 0.1) is 36.2 Å². The molecule has 0 bridgehead atoms. The highest BCUT2D eigenvalue weighted by atomic mass is 19.4. The highest BCUT2D eigenvalue weighted by Gasteiger charge is 2.58. The van der Waals surface area contributed by atoms with Crippen LogP contribution in [0.1, 0.15) is 55.3 Å². The Bertz CT molecular complexity index is 1210. The summed E-state index contributed by atoms with van der Waals surface area (Å²) in [7, 11) is 0. The van der Waals surface area contributed by atoms with E-state index in [1.54, 1.807) is 0 Å². The van der Waals surface area contributed by atoms with Crippen LogP contribution in [0.15, 0.2) is 30.6 Å². The monoisotopic (exact) mass is 563 g/mol. The van der Waals surface area contributed by atoms with Crippen LogP contribution in [0.4, 0.5) is 17.6 Å². The number of piperidine rings is 1. The van der Waals surface area contributed by atoms with Crippen molar-refractivity contribution in [1.29, 1.82) is 0 Å². The van der Waals surface area contributed by atoms with Crippen molar-refractivity contribution in [2.45, 2.75) is 57.2 Å². The molecule has 2 aromatic rings. The van der Waals surface area contributed by atoms with Crippen molar-refractivity contribution >= 4 is 11.8 Å². The molecule has 2 aliphatic heterocycles. The van der Waals surface area contributed by atoms with Crippen molar-refractivity contribution in [3.05, 3.63) is 42.0 Å². The van der Waals surface area contributed by atoms with E-state index >= 15 is 0 Å². The van der Waals surface area contributed by atoms with Gasteiger partial charge in [-0.2, -0.15) is 13.2 Å². The lowest BCUT2D eigenvalue weighted by atomic mass is 9.67. The van der Waals surface area contributed by atoms with Crippen LogP contribution in [-0.4, -0.2) is 71.7 Å². The van der Waals surface area contributed by atoms with Crippen molar-refractivity contribution < 1.29 is 31.9 Å². The second-order valence-corrected chi connectivity index (χ2v) is 11.1. The Hall–Kier alpha value is -3.12. The summed E-state index contributed by atoms with van der Waals surface area (Å²) in [6.45, 7) is 2.38. The molecule has 2 amide bonds. The lowest BCUT2D eigenvalue weighted by molar-refractivity contribution is -0.256. The molecule has 3 fully saturated rings. The van der Waals surface area contributed by atoms with Gasteiger partial charge >= 0.3 is 6.18 Å². The van der Waals surface area contributed by atoms with Crippen LogP contribution >= 0.6 is 0 Å². The maximum Gasteiger partial charge on any atom is 0.395 e. The molecule has 1 aromatic heterocycles. The van der Waals surface area contributed by atoms with E-state index in [2.05, 4.69) is 20.6 Å². The minimum absolute atomic E-state index is 0.0211. The fourth-order valence-corrected chi connectivity index (χ4v) is 5.65. The number of nitrogens with zero attached hydrogens (tertiary/aromatic N) is 3. The summed E-state index contributed by atoms with van der Waals surface area (Å²) in [4.78, 5) is 34.9. The number of ether oxygens (including phenoxy) is 1. The molecule has 12 heteroatoms. The maximum absolute atomic E-state index is 14.8. The zero-order chi connectivity index (χ0) is 28.3. The largest absolute Gasteiger partial charge is 0.476 e. The minimum atomic E-state index is -4.15. The van der Waals surface area contributed by atoms with E-state index in [1.165, 1.54) is 24.5 Å². The van der Waals surface area contributed by atoms with E-state index in [4.69, 9.17) is 4.74 Å². The second-order valence-electron chi connectivity index (χ2n) is 11.1. The molecule has 1 atom stereocenters. The molecule has 2 N–H and O–H groups in total. The topological polar surface area (TPSA) is 96.5 Å². The number of hydrogen-bond donors (Lipinski definition) is 2. The van der Waals surface area contributed by atoms with Gasteiger partial charge < -0.3 is 15.0 Å². The Morgan fingerprint density at radius 1 is 1.10 bits per heavy atom. The number of amides is 2. The van der Waals surface area contributed by atoms with Gasteiger partial charge in [0.15, 0.2) is 0 Å². The Labute approximate surface area is 229 Å². The van der Waals surface area contributed by atoms with Crippen molar-refractivity contribution in [2.75, 3.05) is 32.8 Å². The predicted octanol–water partition coefficient (Wildman–Crippen LogP) is 4.11. The summed E-state index contributed by atoms with van der Waals surface area (Å²) >= 11 is 0. The molecular formula is C28H33F4N5O3. The molecule has 0 spiro atoms. The summed E-state index contributed by atoms with van der Waals surface area (Å²) in [5.41, 5.74) is -1.11. The molecule has 3 heterocycles. The summed E-state index contributed by atoms with van der Waals surface area (Å²) in [5.74, 6) is -1.31. The molecule has 2 saturated heterocycles. The quantitative estimate of drug-likeness (QED) is 0.369. The Morgan fingerprint density at radius 2 is 1.88 bits per heavy atom. The zero-order valence-electron chi connectivity index (χ0n) is 22.1. The predicted molar refractivity (Wildman–Crippen MR) is 138 cm³/mol. The number of aromatic nitrogens is 2. The third-order valence-corrected chi connectivity index (χ3v) is 8.36. The molecule has 40 heavy (non-hydrogen) atoms. The molecule has 3 aliphatic rings. The maximum atomic E-state index is 14.8. The molecular weight excluding hydrogens is 530 g/mol. The number of hydrogen-bond acceptors (Lipinski definition) is 7. The number of likely N-dealkylation sites (tertiary alicyclic amines) is 1. The van der Waals surface area contributed by atoms with E-state index in [0.717, 1.165) is 25.3 Å². The SMILES string of the molecule is O=C(NC(=O)[C@@H]1CCCN1)c1ccc(-c2cnc(OCC3CCN(CC4(C(F)(F)F)CCC4)CC3)cn2)c(F)c1. The normalized spacial score (nSPS) is 21.6. The lowest BCUT2D eigenvalue weighted by Gasteiger charge is -2.47. The third-order valence-electron chi connectivity index (χ3n) is 8.36. The first-order chi connectivity index (χ1) is 19.1. The third kappa shape index (κ3) is 6.27. The molecule has 5 rings (SSSR count). The van der Waals surface area contributed by atoms with Crippen molar-refractivity contribution in [1.82, 2.24) is 25.5 Å². The van der Waals surface area contributed by atoms with E-state index in [1.807, 2.05) is 4.90 Å². The number of alkyl halides is 3. The molecule has 1 aromatic carbocycles. The first-order valence-electron chi connectivity index (χ1n) is 13.8. The summed E-state index contributed by atoms with van der Waals surface area (Å²) in [5, 5.41) is 5.30. The number of imide groups is 1. The molecule has 0 unspecified atom stereocenters. The fourth-order valence-electron chi connectivity index (χ4n) is 5.65. The van der Waals surface area contributed by atoms with Gasteiger partial charge in [-0.25, -0.2) is 14.4 Å². The second kappa shape index (κ2) is 11.8. The van der Waals surface area contributed by atoms with E-state index < -0.39 is 35.3 Å². The molecule has 1 saturated carbocycles. The van der Waals surface area contributed by atoms with Crippen molar-refractivity contribution in [3.8, 4) is 17.1 Å². The number of rotatable bonds is 8. The van der Waals surface area contributed by atoms with Gasteiger partial charge in [0.1, 0.15) is 5.82 Å². The number of nitrogens with one attached hydrogen (secondary N) is 2. The van der Waals surface area contributed by atoms with Gasteiger partial charge in [0, 0.05) is 17.7 Å². The first-order valence-corrected chi connectivity index (χ1v) is 13.8. The van der Waals surface area contributed by atoms with Gasteiger partial charge in [-0.1, -0.05) is 6.42 Å². The highest BCUT2D eigenvalue weighted by molar-refractivity contribution is 6.06. The van der Waals surface area contributed by atoms with Gasteiger partial charge in [-0.05, 0) is 82.3 Å². The fraction of sp³-hybridized carbons (Fsp3) is 0.571. The van der Waals surface area contributed by atoms with Crippen molar-refractivity contribution in [2.24, 2.45) is 11.3 Å². The van der Waals surface area contributed by atoms with Crippen LogP contribution in [0, 0.1) is 17.2 Å². The molecule has 216 valence electrons. The van der Waals surface area contributed by atoms with E-state index in [9.17, 15) is 27.2 Å². The van der Waals surface area contributed by atoms with E-state index in [-0.39, 0.29) is 48.0 Å². The first kappa shape index (κ1) is 28.4. The van der Waals surface area contributed by atoms with Gasteiger partial charge in [0.2, 0.25) is 11.8 Å². The van der Waals surface area contributed by atoms with Crippen LogP contribution in [0.3, 0.4) is 0 Å². The zero-order valence-corrected chi connectivity index (χ0v) is 22.1. The van der Waals surface area contributed by atoms with Crippen LogP contribution in [-0.2, 0) is 4.79 Å². The van der Waals surface area contributed by atoms with Gasteiger partial charge in [-0.3, -0.25) is 14.9 Å². The molecule has 1 aliphatic carbocycles. The van der Waals surface area contributed by atoms with Crippen molar-refractivity contribution in [3.63, 3.8) is 0 Å². The standard InChI is InChI=1S/C28H33F4N5O3/c29-21-13-19(25(38)36-26(39)22-3-1-10-33-22)4-5-20(21)23-14-35-24(15-34-23)40-16-18-6-11-37(12-7-18)17-27(8-2-9-27)28(30,31)32/h4-5,13-15,18,22,33H,1-3,6-12,16-17H2,(H,36,38,39)/t22-/m0/s1. The Morgan fingerprint density at radius 3 is 2.45 bits per heavy atom. The summed E-state index contributed by atoms with van der Waals surface area (Å²) in [6, 6.07) is 3.47. The number of benzene rings is 1. The van der Waals surface area contributed by atoms with Crippen LogP contribution < -0.4 is 15.4 Å². The number of carbonyl (C=O) groups excluding carboxylic acids is 2. The Balaban J connectivity index is 1.09. The van der Waals surface area contributed by atoms with Gasteiger partial charge in [-0.15, -0.1) is 0 Å². The molecule has 0 radical (unpaired) electrons. The average Bonchev–Trinajstić information content (AvgIpc) is 3.45.